The topological polar surface area (TPSA) is 16.4 Å². The zero-order chi connectivity index (χ0) is 37.0. The van der Waals surface area contributed by atoms with Crippen LogP contribution in [-0.4, -0.2) is 0 Å². The van der Waals surface area contributed by atoms with Crippen LogP contribution in [0.4, 0.5) is 17.1 Å². The van der Waals surface area contributed by atoms with Gasteiger partial charge in [-0.1, -0.05) is 164 Å². The van der Waals surface area contributed by atoms with Crippen molar-refractivity contribution < 1.29 is 4.42 Å². The highest BCUT2D eigenvalue weighted by molar-refractivity contribution is 6.15. The van der Waals surface area contributed by atoms with Crippen molar-refractivity contribution in [1.29, 1.82) is 0 Å². The van der Waals surface area contributed by atoms with Gasteiger partial charge in [-0.25, -0.2) is 0 Å². The van der Waals surface area contributed by atoms with E-state index < -0.39 is 0 Å². The molecular formula is C54H35NO. The van der Waals surface area contributed by atoms with Crippen LogP contribution in [0.25, 0.3) is 87.6 Å². The zero-order valence-electron chi connectivity index (χ0n) is 30.6. The van der Waals surface area contributed by atoms with Crippen LogP contribution >= 0.6 is 0 Å². The molecule has 0 aliphatic heterocycles. The van der Waals surface area contributed by atoms with Crippen molar-refractivity contribution in [1.82, 2.24) is 0 Å². The van der Waals surface area contributed by atoms with Gasteiger partial charge in [-0.2, -0.15) is 0 Å². The Balaban J connectivity index is 1.11. The van der Waals surface area contributed by atoms with Crippen molar-refractivity contribution in [3.8, 4) is 33.4 Å². The summed E-state index contributed by atoms with van der Waals surface area (Å²) in [5, 5.41) is 9.72. The Morgan fingerprint density at radius 1 is 0.304 bits per heavy atom. The maximum Gasteiger partial charge on any atom is 0.143 e. The molecule has 0 fully saturated rings. The minimum Gasteiger partial charge on any atom is -0.455 e. The summed E-state index contributed by atoms with van der Waals surface area (Å²) < 4.78 is 6.46. The predicted octanol–water partition coefficient (Wildman–Crippen LogP) is 15.5. The molecule has 11 aromatic rings. The van der Waals surface area contributed by atoms with Crippen LogP contribution in [0.3, 0.4) is 0 Å². The monoisotopic (exact) mass is 713 g/mol. The Morgan fingerprint density at radius 2 is 0.929 bits per heavy atom. The van der Waals surface area contributed by atoms with Crippen molar-refractivity contribution in [3.63, 3.8) is 0 Å². The molecule has 56 heavy (non-hydrogen) atoms. The van der Waals surface area contributed by atoms with Crippen LogP contribution in [0.2, 0.25) is 0 Å². The number of furan rings is 1. The average molecular weight is 714 g/mol. The molecule has 1 aromatic heterocycles. The quantitative estimate of drug-likeness (QED) is 0.160. The van der Waals surface area contributed by atoms with Gasteiger partial charge in [0, 0.05) is 33.3 Å². The molecule has 10 aromatic carbocycles. The molecule has 0 radical (unpaired) electrons. The van der Waals surface area contributed by atoms with E-state index in [9.17, 15) is 0 Å². The van der Waals surface area contributed by atoms with Gasteiger partial charge >= 0.3 is 0 Å². The van der Waals surface area contributed by atoms with Crippen molar-refractivity contribution in [2.75, 3.05) is 4.90 Å². The van der Waals surface area contributed by atoms with Gasteiger partial charge < -0.3 is 9.32 Å². The third kappa shape index (κ3) is 5.34. The lowest BCUT2D eigenvalue weighted by atomic mass is 9.92. The van der Waals surface area contributed by atoms with Gasteiger partial charge in [-0.3, -0.25) is 0 Å². The molecule has 0 saturated carbocycles. The highest BCUT2D eigenvalue weighted by Gasteiger charge is 2.20. The number of benzene rings is 10. The molecule has 0 bridgehead atoms. The van der Waals surface area contributed by atoms with Crippen LogP contribution < -0.4 is 4.90 Å². The van der Waals surface area contributed by atoms with E-state index in [4.69, 9.17) is 4.42 Å². The van der Waals surface area contributed by atoms with Crippen LogP contribution in [-0.2, 0) is 0 Å². The standard InChI is InChI=1S/C54H35NO/c1-2-14-38-33-40(28-27-36(38)13-1)39-16-11-17-43(34-39)55(42-31-29-37(30-32-42)45-23-12-24-50-49-22-8-10-26-53(49)56-54(45)50)52-25-9-7-21-48(52)51-35-41-15-3-4-18-44(41)46-19-5-6-20-47(46)51/h1-35H. The van der Waals surface area contributed by atoms with Crippen molar-refractivity contribution in [2.24, 2.45) is 0 Å². The highest BCUT2D eigenvalue weighted by Crippen LogP contribution is 2.45. The molecule has 0 N–H and O–H groups in total. The Hall–Kier alpha value is -7.42. The maximum absolute atomic E-state index is 6.46. The van der Waals surface area contributed by atoms with E-state index in [0.717, 1.165) is 50.1 Å². The van der Waals surface area contributed by atoms with E-state index in [1.54, 1.807) is 0 Å². The van der Waals surface area contributed by atoms with Crippen molar-refractivity contribution in [3.05, 3.63) is 212 Å². The predicted molar refractivity (Wildman–Crippen MR) is 237 cm³/mol. The van der Waals surface area contributed by atoms with Crippen LogP contribution in [0, 0.1) is 0 Å². The highest BCUT2D eigenvalue weighted by atomic mass is 16.3. The van der Waals surface area contributed by atoms with E-state index >= 15 is 0 Å². The fourth-order valence-corrected chi connectivity index (χ4v) is 8.56. The number of anilines is 3. The van der Waals surface area contributed by atoms with Gasteiger partial charge in [0.1, 0.15) is 11.2 Å². The Morgan fingerprint density at radius 3 is 1.80 bits per heavy atom. The lowest BCUT2D eigenvalue weighted by Crippen LogP contribution is -2.11. The lowest BCUT2D eigenvalue weighted by Gasteiger charge is -2.29. The molecule has 0 amide bonds. The summed E-state index contributed by atoms with van der Waals surface area (Å²) in [6, 6.07) is 76.6. The summed E-state index contributed by atoms with van der Waals surface area (Å²) >= 11 is 0. The Bertz CT molecular complexity index is 3260. The number of nitrogens with zero attached hydrogens (tertiary/aromatic N) is 1. The minimum atomic E-state index is 0.905. The van der Waals surface area contributed by atoms with E-state index in [1.807, 2.05) is 12.1 Å². The van der Waals surface area contributed by atoms with Crippen molar-refractivity contribution in [2.45, 2.75) is 0 Å². The van der Waals surface area contributed by atoms with Crippen LogP contribution in [0.1, 0.15) is 0 Å². The summed E-state index contributed by atoms with van der Waals surface area (Å²) in [6.45, 7) is 0. The lowest BCUT2D eigenvalue weighted by molar-refractivity contribution is 0.670. The SMILES string of the molecule is c1cc(-c2ccc3ccccc3c2)cc(N(c2ccc(-c3cccc4c3oc3ccccc34)cc2)c2ccccc2-c2cc3ccccc3c3ccccc23)c1. The van der Waals surface area contributed by atoms with E-state index in [-0.39, 0.29) is 0 Å². The van der Waals surface area contributed by atoms with E-state index in [2.05, 4.69) is 205 Å². The normalized spacial score (nSPS) is 11.6. The van der Waals surface area contributed by atoms with Gasteiger partial charge in [-0.15, -0.1) is 0 Å². The smallest absolute Gasteiger partial charge is 0.143 e. The van der Waals surface area contributed by atoms with Gasteiger partial charge in [0.25, 0.3) is 0 Å². The minimum absolute atomic E-state index is 0.905. The van der Waals surface area contributed by atoms with Crippen LogP contribution in [0.15, 0.2) is 217 Å². The Kier molecular flexibility index (Phi) is 7.53. The van der Waals surface area contributed by atoms with E-state index in [1.165, 1.54) is 54.6 Å². The molecular weight excluding hydrogens is 679 g/mol. The van der Waals surface area contributed by atoms with Gasteiger partial charge in [-0.05, 0) is 103 Å². The first-order valence-electron chi connectivity index (χ1n) is 19.2. The number of hydrogen-bond acceptors (Lipinski definition) is 2. The fourth-order valence-electron chi connectivity index (χ4n) is 8.56. The fraction of sp³-hybridized carbons (Fsp3) is 0. The largest absolute Gasteiger partial charge is 0.455 e. The molecule has 0 unspecified atom stereocenters. The third-order valence-electron chi connectivity index (χ3n) is 11.2. The molecule has 2 heteroatoms. The van der Waals surface area contributed by atoms with Gasteiger partial charge in [0.05, 0.1) is 5.69 Å². The molecule has 0 aliphatic rings. The third-order valence-corrected chi connectivity index (χ3v) is 11.2. The Labute approximate surface area is 325 Å². The summed E-state index contributed by atoms with van der Waals surface area (Å²) in [6.07, 6.45) is 0. The zero-order valence-corrected chi connectivity index (χ0v) is 30.6. The first-order chi connectivity index (χ1) is 27.8. The second-order valence-corrected chi connectivity index (χ2v) is 14.5. The van der Waals surface area contributed by atoms with E-state index in [0.29, 0.717) is 0 Å². The maximum atomic E-state index is 6.46. The molecule has 0 aliphatic carbocycles. The molecule has 0 saturated heterocycles. The van der Waals surface area contributed by atoms with Crippen LogP contribution in [0.5, 0.6) is 0 Å². The second-order valence-electron chi connectivity index (χ2n) is 14.5. The van der Waals surface area contributed by atoms with Crippen molar-refractivity contribution >= 4 is 71.3 Å². The number of para-hydroxylation sites is 3. The average Bonchev–Trinajstić information content (AvgIpc) is 3.66. The molecule has 2 nitrogen and oxygen atoms in total. The number of fused-ring (bicyclic) bond motifs is 7. The first kappa shape index (κ1) is 32.0. The van der Waals surface area contributed by atoms with Gasteiger partial charge in [0.2, 0.25) is 0 Å². The molecule has 0 atom stereocenters. The second kappa shape index (κ2) is 13.2. The molecule has 11 rings (SSSR count). The summed E-state index contributed by atoms with van der Waals surface area (Å²) in [5.74, 6) is 0. The molecule has 1 heterocycles. The van der Waals surface area contributed by atoms with Gasteiger partial charge in [0.15, 0.2) is 0 Å². The molecule has 0 spiro atoms. The summed E-state index contributed by atoms with van der Waals surface area (Å²) in [4.78, 5) is 2.41. The number of hydrogen-bond donors (Lipinski definition) is 0. The number of rotatable bonds is 6. The molecule has 262 valence electrons. The summed E-state index contributed by atoms with van der Waals surface area (Å²) in [5.41, 5.74) is 12.0. The summed E-state index contributed by atoms with van der Waals surface area (Å²) in [7, 11) is 0. The first-order valence-corrected chi connectivity index (χ1v) is 19.2.